The van der Waals surface area contributed by atoms with Crippen LogP contribution in [0.25, 0.3) is 0 Å². The molecule has 0 aromatic rings. The maximum atomic E-state index is 10.8. The Balaban J connectivity index is 3.99. The first-order valence-corrected chi connectivity index (χ1v) is 3.75. The molecule has 0 aliphatic carbocycles. The van der Waals surface area contributed by atoms with Gasteiger partial charge in [-0.15, -0.1) is 0 Å². The van der Waals surface area contributed by atoms with Gasteiger partial charge in [-0.05, 0) is 6.92 Å². The highest BCUT2D eigenvalue weighted by Gasteiger charge is 2.21. The van der Waals surface area contributed by atoms with Gasteiger partial charge in [0.15, 0.2) is 0 Å². The number of aliphatic hydroxyl groups excluding tert-OH is 1. The van der Waals surface area contributed by atoms with Crippen molar-refractivity contribution in [3.63, 3.8) is 0 Å². The normalized spacial score (nSPS) is 14.2. The highest BCUT2D eigenvalue weighted by molar-refractivity contribution is 5.90. The first-order chi connectivity index (χ1) is 6.34. The minimum atomic E-state index is -1.43. The fourth-order valence-electron chi connectivity index (χ4n) is 0.506. The molecule has 14 heavy (non-hydrogen) atoms. The van der Waals surface area contributed by atoms with Crippen LogP contribution in [0.5, 0.6) is 0 Å². The maximum Gasteiger partial charge on any atom is 0.342 e. The van der Waals surface area contributed by atoms with Crippen LogP contribution in [0.4, 0.5) is 0 Å². The number of nitrogens with two attached hydrogens (primary N) is 1. The van der Waals surface area contributed by atoms with E-state index in [9.17, 15) is 14.4 Å². The van der Waals surface area contributed by atoms with Crippen LogP contribution in [-0.4, -0.2) is 40.3 Å². The Bertz CT molecular complexity index is 249. The lowest BCUT2D eigenvalue weighted by Gasteiger charge is -2.06. The van der Waals surface area contributed by atoms with Crippen LogP contribution in [0.3, 0.4) is 0 Å². The Kier molecular flexibility index (Phi) is 4.74. The van der Waals surface area contributed by atoms with E-state index in [1.165, 1.54) is 0 Å². The maximum absolute atomic E-state index is 10.8. The highest BCUT2D eigenvalue weighted by atomic mass is 16.6. The van der Waals surface area contributed by atoms with Crippen LogP contribution in [0.2, 0.25) is 0 Å². The van der Waals surface area contributed by atoms with Crippen LogP contribution in [0.1, 0.15) is 13.3 Å². The van der Waals surface area contributed by atoms with Crippen molar-refractivity contribution in [2.75, 3.05) is 0 Å². The molecule has 7 heteroatoms. The molecule has 0 saturated carbocycles. The third-order valence-electron chi connectivity index (χ3n) is 1.26. The fraction of sp³-hybridized carbons (Fsp3) is 0.571. The summed E-state index contributed by atoms with van der Waals surface area (Å²) in [7, 11) is 0. The smallest absolute Gasteiger partial charge is 0.342 e. The lowest BCUT2D eigenvalue weighted by molar-refractivity contribution is -0.166. The van der Waals surface area contributed by atoms with Gasteiger partial charge in [-0.2, -0.15) is 0 Å². The number of carboxylic acids is 1. The summed E-state index contributed by atoms with van der Waals surface area (Å²) in [6, 6.07) is -1.41. The molecule has 0 heterocycles. The number of carbonyl (C=O) groups excluding carboxylic acids is 2. The molecule has 4 N–H and O–H groups in total. The molecule has 0 saturated heterocycles. The molecule has 0 aromatic heterocycles. The van der Waals surface area contributed by atoms with Crippen LogP contribution in [0, 0.1) is 0 Å². The number of ether oxygens (including phenoxy) is 1. The Morgan fingerprint density at radius 3 is 2.29 bits per heavy atom. The minimum Gasteiger partial charge on any atom is -0.480 e. The first-order valence-electron chi connectivity index (χ1n) is 3.75. The second-order valence-corrected chi connectivity index (χ2v) is 2.62. The first kappa shape index (κ1) is 12.5. The molecule has 0 aromatic carbocycles. The van der Waals surface area contributed by atoms with Gasteiger partial charge in [-0.3, -0.25) is 9.59 Å². The predicted molar refractivity (Wildman–Crippen MR) is 43.0 cm³/mol. The van der Waals surface area contributed by atoms with E-state index < -0.39 is 36.5 Å². The van der Waals surface area contributed by atoms with Crippen LogP contribution < -0.4 is 5.73 Å². The standard InChI is InChI=1S/C7H11NO6/c1-3(9)7(13)14-5(10)2-4(8)6(11)12/h3-4,9H,2,8H2,1H3,(H,11,12)/t3?,4-/m0/s1. The number of esters is 2. The average Bonchev–Trinajstić information content (AvgIpc) is 2.03. The third kappa shape index (κ3) is 4.53. The van der Waals surface area contributed by atoms with Gasteiger partial charge in [0.05, 0.1) is 6.42 Å². The van der Waals surface area contributed by atoms with Crippen LogP contribution >= 0.6 is 0 Å². The Hall–Kier alpha value is -1.47. The van der Waals surface area contributed by atoms with Crippen molar-refractivity contribution >= 4 is 17.9 Å². The Labute approximate surface area is 79.5 Å². The average molecular weight is 205 g/mol. The van der Waals surface area contributed by atoms with E-state index >= 15 is 0 Å². The molecule has 0 radical (unpaired) electrons. The number of hydrogen-bond acceptors (Lipinski definition) is 6. The molecule has 7 nitrogen and oxygen atoms in total. The van der Waals surface area contributed by atoms with E-state index in [0.717, 1.165) is 6.92 Å². The van der Waals surface area contributed by atoms with Crippen molar-refractivity contribution in [1.29, 1.82) is 0 Å². The van der Waals surface area contributed by atoms with Gasteiger partial charge < -0.3 is 20.7 Å². The Morgan fingerprint density at radius 2 is 1.93 bits per heavy atom. The summed E-state index contributed by atoms with van der Waals surface area (Å²) in [4.78, 5) is 31.6. The van der Waals surface area contributed by atoms with E-state index in [2.05, 4.69) is 4.74 Å². The largest absolute Gasteiger partial charge is 0.480 e. The molecule has 0 aliphatic heterocycles. The molecule has 2 atom stereocenters. The quantitative estimate of drug-likeness (QED) is 0.366. The van der Waals surface area contributed by atoms with Crippen molar-refractivity contribution < 1.29 is 29.3 Å². The molecule has 1 unspecified atom stereocenters. The van der Waals surface area contributed by atoms with E-state index in [-0.39, 0.29) is 0 Å². The van der Waals surface area contributed by atoms with Crippen LogP contribution in [-0.2, 0) is 19.1 Å². The number of hydrogen-bond donors (Lipinski definition) is 3. The fourth-order valence-corrected chi connectivity index (χ4v) is 0.506. The topological polar surface area (TPSA) is 127 Å². The molecule has 0 rings (SSSR count). The van der Waals surface area contributed by atoms with Gasteiger partial charge >= 0.3 is 17.9 Å². The molecule has 80 valence electrons. The van der Waals surface area contributed by atoms with Crippen LogP contribution in [0.15, 0.2) is 0 Å². The van der Waals surface area contributed by atoms with E-state index in [1.807, 2.05) is 0 Å². The molecule has 0 amide bonds. The summed E-state index contributed by atoms with van der Waals surface area (Å²) >= 11 is 0. The van der Waals surface area contributed by atoms with Gasteiger partial charge in [0, 0.05) is 0 Å². The molecular weight excluding hydrogens is 194 g/mol. The summed E-state index contributed by atoms with van der Waals surface area (Å²) in [5.41, 5.74) is 5.00. The predicted octanol–water partition coefficient (Wildman–Crippen LogP) is -1.76. The molecular formula is C7H11NO6. The number of carbonyl (C=O) groups is 3. The van der Waals surface area contributed by atoms with E-state index in [4.69, 9.17) is 15.9 Å². The van der Waals surface area contributed by atoms with Gasteiger partial charge in [0.25, 0.3) is 0 Å². The molecule has 0 fully saturated rings. The second kappa shape index (κ2) is 5.30. The summed E-state index contributed by atoms with van der Waals surface area (Å²) in [6.45, 7) is 1.12. The third-order valence-corrected chi connectivity index (χ3v) is 1.26. The number of aliphatic hydroxyl groups is 1. The van der Waals surface area contributed by atoms with Crippen molar-refractivity contribution in [2.24, 2.45) is 5.73 Å². The zero-order chi connectivity index (χ0) is 11.3. The monoisotopic (exact) mass is 205 g/mol. The zero-order valence-corrected chi connectivity index (χ0v) is 7.47. The van der Waals surface area contributed by atoms with Crippen molar-refractivity contribution in [2.45, 2.75) is 25.5 Å². The van der Waals surface area contributed by atoms with Crippen molar-refractivity contribution in [3.8, 4) is 0 Å². The van der Waals surface area contributed by atoms with Gasteiger partial charge in [-0.1, -0.05) is 0 Å². The molecule has 0 spiro atoms. The highest BCUT2D eigenvalue weighted by Crippen LogP contribution is 1.95. The lowest BCUT2D eigenvalue weighted by Crippen LogP contribution is -2.34. The van der Waals surface area contributed by atoms with Gasteiger partial charge in [-0.25, -0.2) is 4.79 Å². The summed E-state index contributed by atoms with van der Waals surface area (Å²) in [5.74, 6) is -3.58. The van der Waals surface area contributed by atoms with Crippen molar-refractivity contribution in [3.05, 3.63) is 0 Å². The second-order valence-electron chi connectivity index (χ2n) is 2.62. The number of aliphatic carboxylic acids is 1. The van der Waals surface area contributed by atoms with E-state index in [0.29, 0.717) is 0 Å². The summed E-state index contributed by atoms with van der Waals surface area (Å²) in [5, 5.41) is 16.9. The summed E-state index contributed by atoms with van der Waals surface area (Å²) < 4.78 is 4.06. The Morgan fingerprint density at radius 1 is 1.43 bits per heavy atom. The zero-order valence-electron chi connectivity index (χ0n) is 7.47. The molecule has 0 aliphatic rings. The molecule has 0 bridgehead atoms. The minimum absolute atomic E-state index is 0.617. The van der Waals surface area contributed by atoms with Gasteiger partial charge in [0.1, 0.15) is 12.1 Å². The van der Waals surface area contributed by atoms with Crippen molar-refractivity contribution in [1.82, 2.24) is 0 Å². The summed E-state index contributed by atoms with van der Waals surface area (Å²) in [6.07, 6.45) is -2.05. The SMILES string of the molecule is CC(O)C(=O)OC(=O)C[C@H](N)C(=O)O. The number of carboxylic acid groups (broad SMARTS) is 1. The van der Waals surface area contributed by atoms with Gasteiger partial charge in [0.2, 0.25) is 0 Å². The van der Waals surface area contributed by atoms with E-state index in [1.54, 1.807) is 0 Å². The lowest BCUT2D eigenvalue weighted by atomic mass is 10.2. The number of rotatable bonds is 4.